The van der Waals surface area contributed by atoms with E-state index < -0.39 is 17.6 Å². The van der Waals surface area contributed by atoms with E-state index in [-0.39, 0.29) is 17.3 Å². The number of rotatable bonds is 6. The number of nitrogens with one attached hydrogen (secondary N) is 2. The van der Waals surface area contributed by atoms with Crippen molar-refractivity contribution in [3.05, 3.63) is 53.1 Å². The summed E-state index contributed by atoms with van der Waals surface area (Å²) in [6.07, 6.45) is -4.62. The Morgan fingerprint density at radius 1 is 1.16 bits per heavy atom. The van der Waals surface area contributed by atoms with Crippen molar-refractivity contribution >= 4 is 28.9 Å². The van der Waals surface area contributed by atoms with Crippen LogP contribution in [0.2, 0.25) is 5.02 Å². The summed E-state index contributed by atoms with van der Waals surface area (Å²) in [7, 11) is 0. The van der Waals surface area contributed by atoms with Crippen molar-refractivity contribution in [2.75, 3.05) is 23.8 Å². The first kappa shape index (κ1) is 18.9. The van der Waals surface area contributed by atoms with Gasteiger partial charge in [-0.3, -0.25) is 4.79 Å². The number of amides is 1. The fourth-order valence-corrected chi connectivity index (χ4v) is 2.24. The van der Waals surface area contributed by atoms with Crippen molar-refractivity contribution in [2.24, 2.45) is 0 Å². The van der Waals surface area contributed by atoms with Gasteiger partial charge in [-0.2, -0.15) is 13.2 Å². The minimum absolute atomic E-state index is 0.0576. The van der Waals surface area contributed by atoms with Crippen LogP contribution in [0.1, 0.15) is 12.5 Å². The van der Waals surface area contributed by atoms with Crippen molar-refractivity contribution in [2.45, 2.75) is 13.1 Å². The first-order valence-electron chi connectivity index (χ1n) is 7.43. The zero-order valence-electron chi connectivity index (χ0n) is 13.3. The van der Waals surface area contributed by atoms with E-state index >= 15 is 0 Å². The van der Waals surface area contributed by atoms with E-state index in [1.807, 2.05) is 6.92 Å². The maximum absolute atomic E-state index is 13.0. The number of halogens is 4. The third kappa shape index (κ3) is 5.56. The van der Waals surface area contributed by atoms with E-state index in [1.165, 1.54) is 6.07 Å². The summed E-state index contributed by atoms with van der Waals surface area (Å²) in [5, 5.41) is 5.01. The number of anilines is 2. The zero-order valence-corrected chi connectivity index (χ0v) is 14.0. The molecule has 0 aromatic heterocycles. The molecule has 0 bridgehead atoms. The predicted molar refractivity (Wildman–Crippen MR) is 91.2 cm³/mol. The molecule has 0 heterocycles. The molecular weight excluding hydrogens is 357 g/mol. The highest BCUT2D eigenvalue weighted by Crippen LogP contribution is 2.36. The SMILES string of the molecule is CCOc1ccc(NCC(=O)Nc2ccc(Cl)cc2C(F)(F)F)cc1. The van der Waals surface area contributed by atoms with Gasteiger partial charge in [0.25, 0.3) is 0 Å². The Bertz CT molecular complexity index is 734. The van der Waals surface area contributed by atoms with Crippen LogP contribution < -0.4 is 15.4 Å². The van der Waals surface area contributed by atoms with Crippen LogP contribution in [0, 0.1) is 0 Å². The molecule has 0 aliphatic rings. The van der Waals surface area contributed by atoms with Crippen LogP contribution in [-0.2, 0) is 11.0 Å². The van der Waals surface area contributed by atoms with Crippen LogP contribution >= 0.6 is 11.6 Å². The van der Waals surface area contributed by atoms with E-state index in [4.69, 9.17) is 16.3 Å². The van der Waals surface area contributed by atoms with Crippen LogP contribution in [0.5, 0.6) is 5.75 Å². The van der Waals surface area contributed by atoms with Crippen LogP contribution in [0.3, 0.4) is 0 Å². The van der Waals surface area contributed by atoms with E-state index in [0.717, 1.165) is 12.1 Å². The molecule has 0 saturated heterocycles. The summed E-state index contributed by atoms with van der Waals surface area (Å²) in [5.41, 5.74) is -0.685. The molecule has 4 nitrogen and oxygen atoms in total. The van der Waals surface area contributed by atoms with Crippen LogP contribution in [0.15, 0.2) is 42.5 Å². The Morgan fingerprint density at radius 2 is 1.84 bits per heavy atom. The Morgan fingerprint density at radius 3 is 2.44 bits per heavy atom. The second kappa shape index (κ2) is 8.11. The molecule has 0 aliphatic carbocycles. The van der Waals surface area contributed by atoms with Gasteiger partial charge in [0, 0.05) is 10.7 Å². The molecule has 2 aromatic rings. The number of ether oxygens (including phenoxy) is 1. The predicted octanol–water partition coefficient (Wildman–Crippen LogP) is 4.81. The van der Waals surface area contributed by atoms with Crippen molar-refractivity contribution < 1.29 is 22.7 Å². The quantitative estimate of drug-likeness (QED) is 0.765. The summed E-state index contributed by atoms with van der Waals surface area (Å²) in [4.78, 5) is 11.9. The number of alkyl halides is 3. The molecule has 2 N–H and O–H groups in total. The van der Waals surface area contributed by atoms with Crippen molar-refractivity contribution in [3.63, 3.8) is 0 Å². The van der Waals surface area contributed by atoms with E-state index in [1.54, 1.807) is 24.3 Å². The van der Waals surface area contributed by atoms with Gasteiger partial charge in [0.2, 0.25) is 5.91 Å². The van der Waals surface area contributed by atoms with E-state index in [2.05, 4.69) is 10.6 Å². The molecule has 2 aromatic carbocycles. The Kier molecular flexibility index (Phi) is 6.14. The van der Waals surface area contributed by atoms with Crippen LogP contribution in [-0.4, -0.2) is 19.1 Å². The lowest BCUT2D eigenvalue weighted by atomic mass is 10.1. The maximum atomic E-state index is 13.0. The van der Waals surface area contributed by atoms with Gasteiger partial charge in [-0.15, -0.1) is 0 Å². The Balaban J connectivity index is 1.99. The Hall–Kier alpha value is -2.41. The van der Waals surface area contributed by atoms with Gasteiger partial charge in [-0.1, -0.05) is 11.6 Å². The molecule has 8 heteroatoms. The summed E-state index contributed by atoms with van der Waals surface area (Å²) >= 11 is 5.60. The number of benzene rings is 2. The largest absolute Gasteiger partial charge is 0.494 e. The normalized spacial score (nSPS) is 11.1. The van der Waals surface area contributed by atoms with Gasteiger partial charge in [0.05, 0.1) is 24.4 Å². The third-order valence-corrected chi connectivity index (χ3v) is 3.41. The highest BCUT2D eigenvalue weighted by molar-refractivity contribution is 6.30. The second-order valence-electron chi connectivity index (χ2n) is 5.05. The zero-order chi connectivity index (χ0) is 18.4. The first-order valence-corrected chi connectivity index (χ1v) is 7.80. The molecule has 2 rings (SSSR count). The monoisotopic (exact) mass is 372 g/mol. The molecule has 0 radical (unpaired) electrons. The second-order valence-corrected chi connectivity index (χ2v) is 5.48. The van der Waals surface area contributed by atoms with Gasteiger partial charge >= 0.3 is 6.18 Å². The molecule has 0 saturated carbocycles. The van der Waals surface area contributed by atoms with Gasteiger partial charge in [0.1, 0.15) is 5.75 Å². The molecule has 25 heavy (non-hydrogen) atoms. The summed E-state index contributed by atoms with van der Waals surface area (Å²) < 4.78 is 44.3. The lowest BCUT2D eigenvalue weighted by Gasteiger charge is -2.14. The molecular formula is C17H16ClF3N2O2. The number of carbonyl (C=O) groups is 1. The van der Waals surface area contributed by atoms with E-state index in [9.17, 15) is 18.0 Å². The van der Waals surface area contributed by atoms with Crippen LogP contribution in [0.25, 0.3) is 0 Å². The van der Waals surface area contributed by atoms with Crippen molar-refractivity contribution in [3.8, 4) is 5.75 Å². The van der Waals surface area contributed by atoms with Gasteiger partial charge in [0.15, 0.2) is 0 Å². The topological polar surface area (TPSA) is 50.4 Å². The third-order valence-electron chi connectivity index (χ3n) is 3.18. The molecule has 0 unspecified atom stereocenters. The summed E-state index contributed by atoms with van der Waals surface area (Å²) in [5.74, 6) is 0.0789. The molecule has 0 aliphatic heterocycles. The molecule has 1 amide bonds. The minimum atomic E-state index is -4.62. The van der Waals surface area contributed by atoms with Crippen molar-refractivity contribution in [1.29, 1.82) is 0 Å². The summed E-state index contributed by atoms with van der Waals surface area (Å²) in [6.45, 7) is 2.22. The fourth-order valence-electron chi connectivity index (χ4n) is 2.07. The maximum Gasteiger partial charge on any atom is 0.418 e. The molecule has 0 fully saturated rings. The fraction of sp³-hybridized carbons (Fsp3) is 0.235. The molecule has 0 atom stereocenters. The van der Waals surface area contributed by atoms with Crippen LogP contribution in [0.4, 0.5) is 24.5 Å². The highest BCUT2D eigenvalue weighted by Gasteiger charge is 2.34. The number of hydrogen-bond acceptors (Lipinski definition) is 3. The highest BCUT2D eigenvalue weighted by atomic mass is 35.5. The van der Waals surface area contributed by atoms with Gasteiger partial charge < -0.3 is 15.4 Å². The summed E-state index contributed by atoms with van der Waals surface area (Å²) in [6, 6.07) is 10.1. The lowest BCUT2D eigenvalue weighted by Crippen LogP contribution is -2.23. The van der Waals surface area contributed by atoms with Gasteiger partial charge in [-0.25, -0.2) is 0 Å². The smallest absolute Gasteiger partial charge is 0.418 e. The number of hydrogen-bond donors (Lipinski definition) is 2. The number of carbonyl (C=O) groups excluding carboxylic acids is 1. The Labute approximate surface area is 147 Å². The van der Waals surface area contributed by atoms with Gasteiger partial charge in [-0.05, 0) is 49.4 Å². The van der Waals surface area contributed by atoms with Crippen molar-refractivity contribution in [1.82, 2.24) is 0 Å². The lowest BCUT2D eigenvalue weighted by molar-refractivity contribution is -0.137. The standard InChI is InChI=1S/C17H16ClF3N2O2/c1-2-25-13-6-4-12(5-7-13)22-10-16(24)23-15-8-3-11(18)9-14(15)17(19,20)21/h3-9,22H,2,10H2,1H3,(H,23,24). The average Bonchev–Trinajstić information content (AvgIpc) is 2.55. The van der Waals surface area contributed by atoms with E-state index in [0.29, 0.717) is 18.0 Å². The minimum Gasteiger partial charge on any atom is -0.494 e. The first-order chi connectivity index (χ1) is 11.8. The molecule has 134 valence electrons. The molecule has 0 spiro atoms. The average molecular weight is 373 g/mol.